The van der Waals surface area contributed by atoms with Gasteiger partial charge in [-0.15, -0.1) is 0 Å². The Labute approximate surface area is 112 Å². The van der Waals surface area contributed by atoms with Crippen molar-refractivity contribution in [2.75, 3.05) is 31.1 Å². The smallest absolute Gasteiger partial charge is 0.308 e. The van der Waals surface area contributed by atoms with Gasteiger partial charge in [0, 0.05) is 31.4 Å². The highest BCUT2D eigenvalue weighted by molar-refractivity contribution is 5.71. The van der Waals surface area contributed by atoms with Gasteiger partial charge in [0.2, 0.25) is 0 Å². The van der Waals surface area contributed by atoms with Crippen LogP contribution in [-0.2, 0) is 4.79 Å². The van der Waals surface area contributed by atoms with E-state index in [-0.39, 0.29) is 18.6 Å². The summed E-state index contributed by atoms with van der Waals surface area (Å²) in [7, 11) is 0. The average Bonchev–Trinajstić information content (AvgIpc) is 2.45. The van der Waals surface area contributed by atoms with Crippen LogP contribution in [0.2, 0.25) is 0 Å². The summed E-state index contributed by atoms with van der Waals surface area (Å²) in [6.07, 6.45) is 0.610. The summed E-state index contributed by atoms with van der Waals surface area (Å²) in [5.74, 6) is -1.12. The number of anilines is 1. The fourth-order valence-electron chi connectivity index (χ4n) is 2.54. The number of aliphatic carboxylic acids is 1. The monoisotopic (exact) mass is 264 g/mol. The van der Waals surface area contributed by atoms with Gasteiger partial charge in [-0.3, -0.25) is 4.79 Å². The van der Waals surface area contributed by atoms with E-state index in [1.54, 1.807) is 0 Å². The van der Waals surface area contributed by atoms with Crippen molar-refractivity contribution in [3.8, 4) is 0 Å². The summed E-state index contributed by atoms with van der Waals surface area (Å²) >= 11 is 0. The Morgan fingerprint density at radius 2 is 2.05 bits per heavy atom. The van der Waals surface area contributed by atoms with Crippen molar-refractivity contribution in [2.45, 2.75) is 12.5 Å². The Morgan fingerprint density at radius 3 is 2.68 bits per heavy atom. The molecule has 1 saturated heterocycles. The molecule has 1 aliphatic rings. The number of benzene rings is 1. The molecule has 0 aliphatic carbocycles. The zero-order chi connectivity index (χ0) is 13.7. The topological polar surface area (TPSA) is 72.8 Å². The van der Waals surface area contributed by atoms with Crippen LogP contribution in [0.15, 0.2) is 30.3 Å². The lowest BCUT2D eigenvalue weighted by Gasteiger charge is -2.38. The van der Waals surface area contributed by atoms with Gasteiger partial charge in [0.25, 0.3) is 0 Å². The predicted octanol–water partition coefficient (Wildman–Crippen LogP) is 0.548. The molecule has 1 fully saturated rings. The number of aliphatic hydroxyl groups excluding tert-OH is 1. The van der Waals surface area contributed by atoms with Crippen LogP contribution in [0.5, 0.6) is 0 Å². The molecular weight excluding hydrogens is 244 g/mol. The number of carbonyl (C=O) groups is 1. The number of aliphatic hydroxyl groups is 1. The molecule has 0 radical (unpaired) electrons. The Kier molecular flexibility index (Phi) is 4.76. The molecule has 1 heterocycles. The lowest BCUT2D eigenvalue weighted by Crippen LogP contribution is -2.51. The molecule has 1 aromatic rings. The molecule has 2 unspecified atom stereocenters. The number of piperidine rings is 1. The third kappa shape index (κ3) is 3.68. The highest BCUT2D eigenvalue weighted by Gasteiger charge is 2.31. The molecule has 0 amide bonds. The van der Waals surface area contributed by atoms with Gasteiger partial charge in [0.1, 0.15) is 0 Å². The number of hydrogen-bond acceptors (Lipinski definition) is 4. The van der Waals surface area contributed by atoms with Crippen molar-refractivity contribution in [1.82, 2.24) is 5.32 Å². The first kappa shape index (κ1) is 13.8. The molecule has 2 atom stereocenters. The van der Waals surface area contributed by atoms with Crippen molar-refractivity contribution in [3.63, 3.8) is 0 Å². The van der Waals surface area contributed by atoms with Crippen molar-refractivity contribution >= 4 is 11.7 Å². The summed E-state index contributed by atoms with van der Waals surface area (Å²) < 4.78 is 0. The van der Waals surface area contributed by atoms with E-state index < -0.39 is 5.97 Å². The highest BCUT2D eigenvalue weighted by atomic mass is 16.4. The van der Waals surface area contributed by atoms with Gasteiger partial charge < -0.3 is 20.4 Å². The molecule has 2 rings (SSSR count). The van der Waals surface area contributed by atoms with Gasteiger partial charge in [-0.25, -0.2) is 0 Å². The van der Waals surface area contributed by atoms with Crippen LogP contribution in [0.25, 0.3) is 0 Å². The highest BCUT2D eigenvalue weighted by Crippen LogP contribution is 2.23. The molecule has 1 aliphatic heterocycles. The number of para-hydroxylation sites is 1. The zero-order valence-electron chi connectivity index (χ0n) is 10.8. The average molecular weight is 264 g/mol. The van der Waals surface area contributed by atoms with Crippen LogP contribution >= 0.6 is 0 Å². The molecular formula is C14H20N2O3. The second-order valence-corrected chi connectivity index (χ2v) is 4.89. The molecule has 0 spiro atoms. The first-order valence-corrected chi connectivity index (χ1v) is 6.57. The van der Waals surface area contributed by atoms with Crippen LogP contribution in [0, 0.1) is 5.92 Å². The third-order valence-corrected chi connectivity index (χ3v) is 3.47. The van der Waals surface area contributed by atoms with Crippen LogP contribution in [0.4, 0.5) is 5.69 Å². The molecule has 0 bridgehead atoms. The van der Waals surface area contributed by atoms with Crippen LogP contribution in [0.1, 0.15) is 6.42 Å². The molecule has 104 valence electrons. The van der Waals surface area contributed by atoms with E-state index >= 15 is 0 Å². The van der Waals surface area contributed by atoms with Crippen molar-refractivity contribution in [1.29, 1.82) is 0 Å². The van der Waals surface area contributed by atoms with Gasteiger partial charge in [-0.1, -0.05) is 18.2 Å². The summed E-state index contributed by atoms with van der Waals surface area (Å²) in [5.41, 5.74) is 1.05. The number of nitrogens with zero attached hydrogens (tertiary/aromatic N) is 1. The maximum atomic E-state index is 11.2. The van der Waals surface area contributed by atoms with Crippen LogP contribution in [-0.4, -0.2) is 48.5 Å². The number of nitrogens with one attached hydrogen (secondary N) is 1. The van der Waals surface area contributed by atoms with Gasteiger partial charge >= 0.3 is 5.97 Å². The Hall–Kier alpha value is -1.59. The Balaban J connectivity index is 2.08. The van der Waals surface area contributed by atoms with Gasteiger partial charge in [0.15, 0.2) is 0 Å². The summed E-state index contributed by atoms with van der Waals surface area (Å²) in [5, 5.41) is 21.3. The number of carboxylic acids is 1. The molecule has 0 saturated carbocycles. The minimum Gasteiger partial charge on any atom is -0.481 e. The Bertz CT molecular complexity index is 410. The lowest BCUT2D eigenvalue weighted by molar-refractivity contribution is -0.142. The summed E-state index contributed by atoms with van der Waals surface area (Å²) in [6, 6.07) is 9.94. The van der Waals surface area contributed by atoms with E-state index in [0.29, 0.717) is 19.5 Å². The number of rotatable bonds is 5. The standard InChI is InChI=1S/C14H20N2O3/c17-7-6-15-12-8-11(14(18)19)9-16(10-12)13-4-2-1-3-5-13/h1-5,11-12,15,17H,6-10H2,(H,18,19). The first-order chi connectivity index (χ1) is 9.20. The van der Waals surface area contributed by atoms with E-state index in [2.05, 4.69) is 10.2 Å². The van der Waals surface area contributed by atoms with Crippen molar-refractivity contribution in [2.24, 2.45) is 5.92 Å². The number of carboxylic acid groups (broad SMARTS) is 1. The van der Waals surface area contributed by atoms with E-state index in [9.17, 15) is 9.90 Å². The fourth-order valence-corrected chi connectivity index (χ4v) is 2.54. The van der Waals surface area contributed by atoms with E-state index in [1.165, 1.54) is 0 Å². The van der Waals surface area contributed by atoms with Crippen molar-refractivity contribution in [3.05, 3.63) is 30.3 Å². The van der Waals surface area contributed by atoms with Gasteiger partial charge in [-0.2, -0.15) is 0 Å². The summed E-state index contributed by atoms with van der Waals surface area (Å²) in [6.45, 7) is 1.88. The van der Waals surface area contributed by atoms with E-state index in [1.807, 2.05) is 30.3 Å². The van der Waals surface area contributed by atoms with Gasteiger partial charge in [0.05, 0.1) is 12.5 Å². The number of hydrogen-bond donors (Lipinski definition) is 3. The molecule has 1 aromatic carbocycles. The molecule has 5 nitrogen and oxygen atoms in total. The minimum absolute atomic E-state index is 0.0690. The van der Waals surface area contributed by atoms with E-state index in [0.717, 1.165) is 12.2 Å². The predicted molar refractivity (Wildman–Crippen MR) is 73.3 cm³/mol. The molecule has 0 aromatic heterocycles. The van der Waals surface area contributed by atoms with Crippen LogP contribution < -0.4 is 10.2 Å². The van der Waals surface area contributed by atoms with Crippen molar-refractivity contribution < 1.29 is 15.0 Å². The fraction of sp³-hybridized carbons (Fsp3) is 0.500. The zero-order valence-corrected chi connectivity index (χ0v) is 10.8. The molecule has 19 heavy (non-hydrogen) atoms. The Morgan fingerprint density at radius 1 is 1.32 bits per heavy atom. The maximum absolute atomic E-state index is 11.2. The van der Waals surface area contributed by atoms with E-state index in [4.69, 9.17) is 5.11 Å². The van der Waals surface area contributed by atoms with Gasteiger partial charge in [-0.05, 0) is 18.6 Å². The quantitative estimate of drug-likeness (QED) is 0.724. The molecule has 5 heteroatoms. The van der Waals surface area contributed by atoms with Crippen LogP contribution in [0.3, 0.4) is 0 Å². The third-order valence-electron chi connectivity index (χ3n) is 3.47. The second-order valence-electron chi connectivity index (χ2n) is 4.89. The SMILES string of the molecule is O=C(O)C1CC(NCCO)CN(c2ccccc2)C1. The normalized spacial score (nSPS) is 23.3. The maximum Gasteiger partial charge on any atom is 0.308 e. The lowest BCUT2D eigenvalue weighted by atomic mass is 9.93. The summed E-state index contributed by atoms with van der Waals surface area (Å²) in [4.78, 5) is 13.3. The molecule has 3 N–H and O–H groups in total. The minimum atomic E-state index is -0.753. The first-order valence-electron chi connectivity index (χ1n) is 6.57. The second kappa shape index (κ2) is 6.54. The largest absolute Gasteiger partial charge is 0.481 e.